The lowest BCUT2D eigenvalue weighted by atomic mass is 9.82. The molecule has 0 saturated heterocycles. The normalized spacial score (nSPS) is 30.2. The second-order valence-electron chi connectivity index (χ2n) is 7.16. The zero-order valence-corrected chi connectivity index (χ0v) is 13.7. The van der Waals surface area contributed by atoms with E-state index < -0.39 is 5.54 Å². The van der Waals surface area contributed by atoms with Gasteiger partial charge in [-0.15, -0.1) is 0 Å². The van der Waals surface area contributed by atoms with Crippen molar-refractivity contribution in [1.29, 1.82) is 0 Å². The van der Waals surface area contributed by atoms with Crippen LogP contribution < -0.4 is 11.1 Å². The fraction of sp³-hybridized carbons (Fsp3) is 0.938. The first-order chi connectivity index (χ1) is 9.23. The Bertz CT molecular complexity index is 310. The molecule has 0 aromatic heterocycles. The number of ether oxygens (including phenoxy) is 1. The van der Waals surface area contributed by atoms with E-state index in [0.717, 1.165) is 24.7 Å². The zero-order valence-electron chi connectivity index (χ0n) is 13.7. The van der Waals surface area contributed by atoms with Crippen LogP contribution in [-0.2, 0) is 9.53 Å². The fourth-order valence-corrected chi connectivity index (χ4v) is 3.34. The van der Waals surface area contributed by atoms with Crippen molar-refractivity contribution >= 4 is 5.91 Å². The Morgan fingerprint density at radius 2 is 1.85 bits per heavy atom. The van der Waals surface area contributed by atoms with Crippen LogP contribution in [0.1, 0.15) is 60.3 Å². The number of amides is 1. The van der Waals surface area contributed by atoms with Gasteiger partial charge in [0.15, 0.2) is 0 Å². The SMILES string of the molecule is CC1CC(C)CC(OCCC(C)(NC(C)C)C(N)=O)C1. The Kier molecular flexibility index (Phi) is 6.46. The number of nitrogens with two attached hydrogens (primary N) is 1. The molecule has 4 nitrogen and oxygen atoms in total. The number of nitrogens with one attached hydrogen (secondary N) is 1. The molecule has 1 rings (SSSR count). The molecule has 1 fully saturated rings. The molecule has 0 aromatic carbocycles. The van der Waals surface area contributed by atoms with Crippen LogP contribution in [0.4, 0.5) is 0 Å². The van der Waals surface area contributed by atoms with Gasteiger partial charge in [0.25, 0.3) is 0 Å². The van der Waals surface area contributed by atoms with Crippen LogP contribution in [0.3, 0.4) is 0 Å². The molecule has 0 aliphatic heterocycles. The predicted octanol–water partition coefficient (Wildman–Crippen LogP) is 2.46. The highest BCUT2D eigenvalue weighted by Crippen LogP contribution is 2.30. The van der Waals surface area contributed by atoms with E-state index in [1.54, 1.807) is 0 Å². The molecular formula is C16H32N2O2. The van der Waals surface area contributed by atoms with E-state index in [0.29, 0.717) is 19.1 Å². The van der Waals surface area contributed by atoms with Gasteiger partial charge in [0.2, 0.25) is 5.91 Å². The summed E-state index contributed by atoms with van der Waals surface area (Å²) in [5, 5.41) is 3.26. The molecule has 118 valence electrons. The topological polar surface area (TPSA) is 64.3 Å². The molecule has 0 radical (unpaired) electrons. The third-order valence-corrected chi connectivity index (χ3v) is 4.24. The second kappa shape index (κ2) is 7.41. The Hall–Kier alpha value is -0.610. The average Bonchev–Trinajstić information content (AvgIpc) is 2.26. The maximum atomic E-state index is 11.6. The van der Waals surface area contributed by atoms with Crippen molar-refractivity contribution < 1.29 is 9.53 Å². The molecular weight excluding hydrogens is 252 g/mol. The van der Waals surface area contributed by atoms with Crippen molar-refractivity contribution in [3.63, 3.8) is 0 Å². The van der Waals surface area contributed by atoms with Crippen LogP contribution in [0, 0.1) is 11.8 Å². The van der Waals surface area contributed by atoms with Crippen LogP contribution in [0.2, 0.25) is 0 Å². The van der Waals surface area contributed by atoms with E-state index >= 15 is 0 Å². The summed E-state index contributed by atoms with van der Waals surface area (Å²) in [5.41, 5.74) is 4.85. The van der Waals surface area contributed by atoms with E-state index in [9.17, 15) is 4.79 Å². The van der Waals surface area contributed by atoms with Crippen molar-refractivity contribution in [3.05, 3.63) is 0 Å². The average molecular weight is 284 g/mol. The summed E-state index contributed by atoms with van der Waals surface area (Å²) in [6.45, 7) is 11.1. The van der Waals surface area contributed by atoms with Gasteiger partial charge in [-0.05, 0) is 58.3 Å². The monoisotopic (exact) mass is 284 g/mol. The van der Waals surface area contributed by atoms with Gasteiger partial charge < -0.3 is 15.8 Å². The van der Waals surface area contributed by atoms with Crippen molar-refractivity contribution in [3.8, 4) is 0 Å². The maximum absolute atomic E-state index is 11.6. The summed E-state index contributed by atoms with van der Waals surface area (Å²) < 4.78 is 6.00. The van der Waals surface area contributed by atoms with Crippen molar-refractivity contribution in [2.24, 2.45) is 17.6 Å². The first kappa shape index (κ1) is 17.4. The van der Waals surface area contributed by atoms with E-state index in [4.69, 9.17) is 10.5 Å². The second-order valence-corrected chi connectivity index (χ2v) is 7.16. The van der Waals surface area contributed by atoms with Crippen molar-refractivity contribution in [2.75, 3.05) is 6.61 Å². The summed E-state index contributed by atoms with van der Waals surface area (Å²) in [6, 6.07) is 0.224. The highest BCUT2D eigenvalue weighted by atomic mass is 16.5. The van der Waals surface area contributed by atoms with E-state index in [1.807, 2.05) is 20.8 Å². The first-order valence-electron chi connectivity index (χ1n) is 7.92. The molecule has 3 atom stereocenters. The highest BCUT2D eigenvalue weighted by molar-refractivity contribution is 5.84. The lowest BCUT2D eigenvalue weighted by Gasteiger charge is -2.33. The molecule has 0 aromatic rings. The summed E-state index contributed by atoms with van der Waals surface area (Å²) in [6.07, 6.45) is 4.53. The minimum atomic E-state index is -0.680. The molecule has 0 spiro atoms. The predicted molar refractivity (Wildman–Crippen MR) is 82.4 cm³/mol. The smallest absolute Gasteiger partial charge is 0.237 e. The van der Waals surface area contributed by atoms with Crippen molar-refractivity contribution in [1.82, 2.24) is 5.32 Å². The molecule has 1 amide bonds. The van der Waals surface area contributed by atoms with Crippen LogP contribution in [0.15, 0.2) is 0 Å². The Balaban J connectivity index is 2.42. The molecule has 20 heavy (non-hydrogen) atoms. The fourth-order valence-electron chi connectivity index (χ4n) is 3.34. The summed E-state index contributed by atoms with van der Waals surface area (Å²) in [5.74, 6) is 1.17. The van der Waals surface area contributed by atoms with Gasteiger partial charge in [0, 0.05) is 12.6 Å². The molecule has 0 bridgehead atoms. The van der Waals surface area contributed by atoms with Gasteiger partial charge in [-0.2, -0.15) is 0 Å². The number of carbonyl (C=O) groups excluding carboxylic acids is 1. The maximum Gasteiger partial charge on any atom is 0.237 e. The number of rotatable bonds is 7. The summed E-state index contributed by atoms with van der Waals surface area (Å²) >= 11 is 0. The minimum absolute atomic E-state index is 0.224. The lowest BCUT2D eigenvalue weighted by Crippen LogP contribution is -2.56. The Morgan fingerprint density at radius 1 is 1.30 bits per heavy atom. The molecule has 1 aliphatic carbocycles. The third-order valence-electron chi connectivity index (χ3n) is 4.24. The molecule has 0 heterocycles. The third kappa shape index (κ3) is 5.41. The zero-order chi connectivity index (χ0) is 15.3. The summed E-state index contributed by atoms with van der Waals surface area (Å²) in [4.78, 5) is 11.6. The molecule has 4 heteroatoms. The number of carbonyl (C=O) groups is 1. The van der Waals surface area contributed by atoms with Crippen molar-refractivity contribution in [2.45, 2.75) is 78.0 Å². The van der Waals surface area contributed by atoms with Gasteiger partial charge in [0.1, 0.15) is 0 Å². The quantitative estimate of drug-likeness (QED) is 0.755. The van der Waals surface area contributed by atoms with Gasteiger partial charge in [0.05, 0.1) is 11.6 Å². The Labute approximate surface area is 123 Å². The Morgan fingerprint density at radius 3 is 2.30 bits per heavy atom. The van der Waals surface area contributed by atoms with Gasteiger partial charge in [-0.1, -0.05) is 13.8 Å². The molecule has 1 aliphatic rings. The molecule has 3 N–H and O–H groups in total. The number of hydrogen-bond acceptors (Lipinski definition) is 3. The summed E-state index contributed by atoms with van der Waals surface area (Å²) in [7, 11) is 0. The van der Waals surface area contributed by atoms with E-state index in [1.165, 1.54) is 6.42 Å². The lowest BCUT2D eigenvalue weighted by molar-refractivity contribution is -0.125. The van der Waals surface area contributed by atoms with Gasteiger partial charge in [-0.25, -0.2) is 0 Å². The van der Waals surface area contributed by atoms with Crippen LogP contribution >= 0.6 is 0 Å². The van der Waals surface area contributed by atoms with E-state index in [-0.39, 0.29) is 11.9 Å². The standard InChI is InChI=1S/C16H32N2O2/c1-11(2)18-16(5,15(17)19)6-7-20-14-9-12(3)8-13(4)10-14/h11-14,18H,6-10H2,1-5H3,(H2,17,19). The van der Waals surface area contributed by atoms with Crippen LogP contribution in [-0.4, -0.2) is 30.2 Å². The van der Waals surface area contributed by atoms with Gasteiger partial charge >= 0.3 is 0 Å². The van der Waals surface area contributed by atoms with Crippen LogP contribution in [0.5, 0.6) is 0 Å². The highest BCUT2D eigenvalue weighted by Gasteiger charge is 2.32. The number of hydrogen-bond donors (Lipinski definition) is 2. The first-order valence-corrected chi connectivity index (χ1v) is 7.92. The van der Waals surface area contributed by atoms with Gasteiger partial charge in [-0.3, -0.25) is 4.79 Å². The molecule has 1 saturated carbocycles. The largest absolute Gasteiger partial charge is 0.378 e. The number of primary amides is 1. The molecule has 3 unspecified atom stereocenters. The van der Waals surface area contributed by atoms with E-state index in [2.05, 4.69) is 19.2 Å². The minimum Gasteiger partial charge on any atom is -0.378 e. The van der Waals surface area contributed by atoms with Crippen LogP contribution in [0.25, 0.3) is 0 Å².